The largest absolute Gasteiger partial charge is 0.478 e. The number of fused-ring (bicyclic) bond motifs is 1. The Balaban J connectivity index is 2.02. The van der Waals surface area contributed by atoms with E-state index in [9.17, 15) is 9.90 Å². The lowest BCUT2D eigenvalue weighted by atomic mass is 9.96. The van der Waals surface area contributed by atoms with Crippen LogP contribution in [0.1, 0.15) is 36.0 Å². The zero-order valence-electron chi connectivity index (χ0n) is 12.5. The van der Waals surface area contributed by atoms with Crippen LogP contribution in [-0.4, -0.2) is 45.2 Å². The van der Waals surface area contributed by atoms with Crippen molar-refractivity contribution in [2.75, 3.05) is 14.1 Å². The number of benzene rings is 1. The highest BCUT2D eigenvalue weighted by Gasteiger charge is 2.36. The average Bonchev–Trinajstić information content (AvgIpc) is 3.07. The minimum absolute atomic E-state index is 0.160. The Morgan fingerprint density at radius 3 is 2.71 bits per heavy atom. The number of likely N-dealkylation sites (N-methyl/N-ethyl adjacent to an activating group) is 1. The van der Waals surface area contributed by atoms with Gasteiger partial charge >= 0.3 is 5.97 Å². The molecule has 0 amide bonds. The van der Waals surface area contributed by atoms with Crippen LogP contribution in [0.2, 0.25) is 0 Å². The maximum atomic E-state index is 11.3. The molecule has 1 aliphatic carbocycles. The van der Waals surface area contributed by atoms with Crippen molar-refractivity contribution in [3.05, 3.63) is 30.1 Å². The van der Waals surface area contributed by atoms with E-state index in [1.165, 1.54) is 25.7 Å². The molecule has 1 aromatic carbocycles. The first kappa shape index (κ1) is 14.1. The topological polar surface area (TPSA) is 58.4 Å². The Kier molecular flexibility index (Phi) is 3.45. The molecule has 0 atom stereocenters. The number of para-hydroxylation sites is 1. The lowest BCUT2D eigenvalue weighted by Crippen LogP contribution is -2.45. The molecule has 0 radical (unpaired) electrons. The lowest BCUT2D eigenvalue weighted by molar-refractivity contribution is 0.0699. The molecule has 112 valence electrons. The highest BCUT2D eigenvalue weighted by molar-refractivity contribution is 6.00. The Bertz CT molecular complexity index is 669. The van der Waals surface area contributed by atoms with Crippen molar-refractivity contribution in [1.82, 2.24) is 14.5 Å². The van der Waals surface area contributed by atoms with Gasteiger partial charge in [0.1, 0.15) is 5.52 Å². The predicted octanol–water partition coefficient (Wildman–Crippen LogP) is 2.61. The van der Waals surface area contributed by atoms with Gasteiger partial charge in [0.05, 0.1) is 17.4 Å². The van der Waals surface area contributed by atoms with Crippen molar-refractivity contribution in [2.45, 2.75) is 37.8 Å². The second-order valence-corrected chi connectivity index (χ2v) is 6.18. The highest BCUT2D eigenvalue weighted by Crippen LogP contribution is 2.36. The van der Waals surface area contributed by atoms with E-state index in [1.807, 2.05) is 6.07 Å². The first-order valence-electron chi connectivity index (χ1n) is 7.38. The molecule has 1 aromatic heterocycles. The van der Waals surface area contributed by atoms with Crippen molar-refractivity contribution >= 4 is 17.0 Å². The highest BCUT2D eigenvalue weighted by atomic mass is 16.4. The molecule has 5 nitrogen and oxygen atoms in total. The molecule has 5 heteroatoms. The number of imidazole rings is 1. The van der Waals surface area contributed by atoms with Gasteiger partial charge in [-0.05, 0) is 39.1 Å². The van der Waals surface area contributed by atoms with E-state index in [0.29, 0.717) is 5.52 Å². The number of aromatic nitrogens is 2. The van der Waals surface area contributed by atoms with Crippen molar-refractivity contribution in [1.29, 1.82) is 0 Å². The van der Waals surface area contributed by atoms with E-state index in [4.69, 9.17) is 0 Å². The van der Waals surface area contributed by atoms with Crippen molar-refractivity contribution in [3.8, 4) is 0 Å². The summed E-state index contributed by atoms with van der Waals surface area (Å²) in [4.78, 5) is 17.9. The molecule has 2 aromatic rings. The molecule has 0 saturated heterocycles. The molecular weight excluding hydrogens is 266 g/mol. The number of carboxylic acids is 1. The second-order valence-electron chi connectivity index (χ2n) is 6.18. The van der Waals surface area contributed by atoms with E-state index >= 15 is 0 Å². The molecule has 0 unspecified atom stereocenters. The smallest absolute Gasteiger partial charge is 0.337 e. The fourth-order valence-electron chi connectivity index (χ4n) is 3.48. The summed E-state index contributed by atoms with van der Waals surface area (Å²) in [7, 11) is 4.26. The summed E-state index contributed by atoms with van der Waals surface area (Å²) < 4.78 is 2.10. The van der Waals surface area contributed by atoms with Crippen LogP contribution < -0.4 is 0 Å². The fourth-order valence-corrected chi connectivity index (χ4v) is 3.48. The quantitative estimate of drug-likeness (QED) is 0.939. The third kappa shape index (κ3) is 2.31. The number of aromatic carboxylic acids is 1. The summed E-state index contributed by atoms with van der Waals surface area (Å²) in [6.45, 7) is 0.861. The van der Waals surface area contributed by atoms with Crippen molar-refractivity contribution in [3.63, 3.8) is 0 Å². The van der Waals surface area contributed by atoms with Crippen LogP contribution in [0.15, 0.2) is 24.5 Å². The normalized spacial score (nSPS) is 17.7. The molecule has 1 aliphatic rings. The Morgan fingerprint density at radius 1 is 1.38 bits per heavy atom. The molecule has 1 fully saturated rings. The minimum Gasteiger partial charge on any atom is -0.478 e. The number of hydrogen-bond acceptors (Lipinski definition) is 3. The predicted molar refractivity (Wildman–Crippen MR) is 81.6 cm³/mol. The van der Waals surface area contributed by atoms with Gasteiger partial charge in [-0.15, -0.1) is 0 Å². The van der Waals surface area contributed by atoms with Crippen LogP contribution in [0.4, 0.5) is 0 Å². The van der Waals surface area contributed by atoms with E-state index in [0.717, 1.165) is 12.1 Å². The van der Waals surface area contributed by atoms with Crippen LogP contribution >= 0.6 is 0 Å². The Morgan fingerprint density at radius 2 is 2.10 bits per heavy atom. The van der Waals surface area contributed by atoms with Crippen LogP contribution in [0.5, 0.6) is 0 Å². The van der Waals surface area contributed by atoms with Crippen LogP contribution in [0, 0.1) is 0 Å². The van der Waals surface area contributed by atoms with Gasteiger partial charge in [-0.1, -0.05) is 18.9 Å². The fraction of sp³-hybridized carbons (Fsp3) is 0.500. The van der Waals surface area contributed by atoms with Gasteiger partial charge in [-0.2, -0.15) is 0 Å². The van der Waals surface area contributed by atoms with Gasteiger partial charge < -0.3 is 14.6 Å². The second kappa shape index (κ2) is 5.15. The van der Waals surface area contributed by atoms with Crippen LogP contribution in [0.25, 0.3) is 11.0 Å². The molecule has 0 aliphatic heterocycles. The molecule has 0 spiro atoms. The van der Waals surface area contributed by atoms with Gasteiger partial charge in [-0.3, -0.25) is 0 Å². The maximum Gasteiger partial charge on any atom is 0.337 e. The summed E-state index contributed by atoms with van der Waals surface area (Å²) >= 11 is 0. The molecule has 3 rings (SSSR count). The first-order valence-corrected chi connectivity index (χ1v) is 7.38. The van der Waals surface area contributed by atoms with Gasteiger partial charge in [-0.25, -0.2) is 9.78 Å². The molecule has 21 heavy (non-hydrogen) atoms. The number of carboxylic acid groups (broad SMARTS) is 1. The minimum atomic E-state index is -0.922. The third-order valence-electron chi connectivity index (χ3n) is 4.83. The first-order chi connectivity index (χ1) is 10.0. The SMILES string of the molecule is CN(C)C1(Cn2cnc3c(C(=O)O)cccc32)CCCC1. The molecule has 1 heterocycles. The number of carbonyl (C=O) groups is 1. The monoisotopic (exact) mass is 287 g/mol. The zero-order valence-corrected chi connectivity index (χ0v) is 12.5. The van der Waals surface area contributed by atoms with E-state index in [-0.39, 0.29) is 11.1 Å². The van der Waals surface area contributed by atoms with E-state index in [2.05, 4.69) is 28.5 Å². The molecule has 0 bridgehead atoms. The number of rotatable bonds is 4. The van der Waals surface area contributed by atoms with Crippen LogP contribution in [0.3, 0.4) is 0 Å². The number of nitrogens with zero attached hydrogens (tertiary/aromatic N) is 3. The standard InChI is InChI=1S/C16H21N3O2/c1-18(2)16(8-3-4-9-16)10-19-11-17-14-12(15(20)21)6-5-7-13(14)19/h5-7,11H,3-4,8-10H2,1-2H3,(H,20,21). The Labute approximate surface area is 124 Å². The summed E-state index contributed by atoms with van der Waals surface area (Å²) in [5.74, 6) is -0.922. The average molecular weight is 287 g/mol. The summed E-state index contributed by atoms with van der Waals surface area (Å²) in [5, 5.41) is 9.26. The summed E-state index contributed by atoms with van der Waals surface area (Å²) in [6, 6.07) is 5.35. The van der Waals surface area contributed by atoms with Crippen LogP contribution in [-0.2, 0) is 6.54 Å². The molecule has 1 saturated carbocycles. The van der Waals surface area contributed by atoms with Gasteiger partial charge in [0.25, 0.3) is 0 Å². The van der Waals surface area contributed by atoms with Gasteiger partial charge in [0, 0.05) is 12.1 Å². The maximum absolute atomic E-state index is 11.3. The Hall–Kier alpha value is -1.88. The van der Waals surface area contributed by atoms with E-state index in [1.54, 1.807) is 18.5 Å². The van der Waals surface area contributed by atoms with Crippen molar-refractivity contribution < 1.29 is 9.90 Å². The van der Waals surface area contributed by atoms with Gasteiger partial charge in [0.2, 0.25) is 0 Å². The number of hydrogen-bond donors (Lipinski definition) is 1. The lowest BCUT2D eigenvalue weighted by Gasteiger charge is -2.36. The summed E-state index contributed by atoms with van der Waals surface area (Å²) in [5.41, 5.74) is 1.92. The van der Waals surface area contributed by atoms with E-state index < -0.39 is 5.97 Å². The molecular formula is C16H21N3O2. The third-order valence-corrected chi connectivity index (χ3v) is 4.83. The zero-order chi connectivity index (χ0) is 15.0. The van der Waals surface area contributed by atoms with Gasteiger partial charge in [0.15, 0.2) is 0 Å². The molecule has 1 N–H and O–H groups in total. The summed E-state index contributed by atoms with van der Waals surface area (Å²) in [6.07, 6.45) is 6.65. The van der Waals surface area contributed by atoms with Crippen molar-refractivity contribution in [2.24, 2.45) is 0 Å².